The van der Waals surface area contributed by atoms with E-state index in [4.69, 9.17) is 5.11 Å². The highest BCUT2D eigenvalue weighted by atomic mass is 127. The number of aromatic carboxylic acids is 1. The van der Waals surface area contributed by atoms with Gasteiger partial charge in [0, 0.05) is 11.3 Å². The molecule has 0 spiro atoms. The fraction of sp³-hybridized carbons (Fsp3) is 0.250. The Morgan fingerprint density at radius 3 is 2.64 bits per heavy atom. The minimum absolute atomic E-state index is 0.00398. The molecule has 0 aliphatic rings. The van der Waals surface area contributed by atoms with Gasteiger partial charge >= 0.3 is 5.97 Å². The van der Waals surface area contributed by atoms with Crippen LogP contribution < -0.4 is 0 Å². The molecule has 0 radical (unpaired) electrons. The molecule has 14 heavy (non-hydrogen) atoms. The van der Waals surface area contributed by atoms with Gasteiger partial charge in [-0.25, -0.2) is 18.6 Å². The van der Waals surface area contributed by atoms with E-state index in [2.05, 4.69) is 4.98 Å². The average molecular weight is 313 g/mol. The topological polar surface area (TPSA) is 50.2 Å². The molecule has 3 nitrogen and oxygen atoms in total. The van der Waals surface area contributed by atoms with Gasteiger partial charge in [0.05, 0.1) is 3.57 Å². The molecule has 0 atom stereocenters. The van der Waals surface area contributed by atoms with Crippen molar-refractivity contribution >= 4 is 28.6 Å². The lowest BCUT2D eigenvalue weighted by atomic mass is 10.2. The summed E-state index contributed by atoms with van der Waals surface area (Å²) in [6.45, 7) is 1.48. The lowest BCUT2D eigenvalue weighted by molar-refractivity contribution is 0.0688. The van der Waals surface area contributed by atoms with Crippen LogP contribution in [0.15, 0.2) is 6.07 Å². The van der Waals surface area contributed by atoms with Crippen molar-refractivity contribution in [1.82, 2.24) is 4.98 Å². The molecular formula is C8H6F2INO2. The zero-order valence-electron chi connectivity index (χ0n) is 7.09. The van der Waals surface area contributed by atoms with Crippen LogP contribution in [0.1, 0.15) is 28.2 Å². The van der Waals surface area contributed by atoms with Gasteiger partial charge in [0.25, 0.3) is 6.43 Å². The third-order valence-electron chi connectivity index (χ3n) is 1.55. The lowest BCUT2D eigenvalue weighted by Crippen LogP contribution is -2.08. The summed E-state index contributed by atoms with van der Waals surface area (Å²) in [4.78, 5) is 14.3. The van der Waals surface area contributed by atoms with Crippen LogP contribution in [0.25, 0.3) is 0 Å². The molecule has 0 amide bonds. The molecule has 1 rings (SSSR count). The number of carbonyl (C=O) groups is 1. The van der Waals surface area contributed by atoms with Crippen LogP contribution in [0.4, 0.5) is 8.78 Å². The number of carboxylic acid groups (broad SMARTS) is 1. The number of hydrogen-bond donors (Lipinski definition) is 1. The molecule has 0 aliphatic heterocycles. The van der Waals surface area contributed by atoms with Crippen molar-refractivity contribution in [2.75, 3.05) is 0 Å². The minimum Gasteiger partial charge on any atom is -0.476 e. The van der Waals surface area contributed by atoms with Crippen LogP contribution in [0.3, 0.4) is 0 Å². The second-order valence-electron chi connectivity index (χ2n) is 2.62. The largest absolute Gasteiger partial charge is 0.476 e. The molecule has 76 valence electrons. The van der Waals surface area contributed by atoms with Crippen LogP contribution in [-0.4, -0.2) is 16.1 Å². The van der Waals surface area contributed by atoms with Gasteiger partial charge in [-0.2, -0.15) is 0 Å². The molecule has 0 aromatic carbocycles. The Kier molecular flexibility index (Phi) is 3.35. The monoisotopic (exact) mass is 313 g/mol. The maximum Gasteiger partial charge on any atom is 0.355 e. The van der Waals surface area contributed by atoms with Crippen molar-refractivity contribution in [2.45, 2.75) is 13.3 Å². The smallest absolute Gasteiger partial charge is 0.355 e. The maximum atomic E-state index is 12.4. The van der Waals surface area contributed by atoms with Gasteiger partial charge in [-0.15, -0.1) is 0 Å². The average Bonchev–Trinajstić information content (AvgIpc) is 2.07. The van der Waals surface area contributed by atoms with Crippen molar-refractivity contribution in [3.8, 4) is 0 Å². The zero-order valence-corrected chi connectivity index (χ0v) is 9.25. The third-order valence-corrected chi connectivity index (χ3v) is 2.69. The maximum absolute atomic E-state index is 12.4. The summed E-state index contributed by atoms with van der Waals surface area (Å²) < 4.78 is 24.8. The highest BCUT2D eigenvalue weighted by molar-refractivity contribution is 14.1. The normalized spacial score (nSPS) is 10.6. The van der Waals surface area contributed by atoms with Crippen LogP contribution in [0, 0.1) is 10.5 Å². The van der Waals surface area contributed by atoms with Crippen LogP contribution in [-0.2, 0) is 0 Å². The molecule has 0 fully saturated rings. The van der Waals surface area contributed by atoms with E-state index in [0.717, 1.165) is 0 Å². The summed E-state index contributed by atoms with van der Waals surface area (Å²) in [6.07, 6.45) is -2.68. The van der Waals surface area contributed by atoms with Crippen molar-refractivity contribution in [3.05, 3.63) is 26.6 Å². The second-order valence-corrected chi connectivity index (χ2v) is 3.70. The highest BCUT2D eigenvalue weighted by Gasteiger charge is 2.19. The molecule has 0 aliphatic carbocycles. The molecule has 0 saturated carbocycles. The predicted octanol–water partition coefficient (Wildman–Crippen LogP) is 2.63. The number of nitrogens with zero attached hydrogens (tertiary/aromatic N) is 1. The number of rotatable bonds is 2. The number of hydrogen-bond acceptors (Lipinski definition) is 2. The summed E-state index contributed by atoms with van der Waals surface area (Å²) in [7, 11) is 0. The standard InChI is InChI=1S/C8H6F2INO2/c1-3-2-4(7(9)10)5(11)6(12-3)8(13)14/h2,7H,1H3,(H,13,14). The Morgan fingerprint density at radius 2 is 2.21 bits per heavy atom. The fourth-order valence-corrected chi connectivity index (χ4v) is 1.73. The summed E-state index contributed by atoms with van der Waals surface area (Å²) in [5.74, 6) is -1.29. The summed E-state index contributed by atoms with van der Waals surface area (Å²) in [5, 5.41) is 8.68. The van der Waals surface area contributed by atoms with Gasteiger partial charge in [-0.05, 0) is 35.6 Å². The van der Waals surface area contributed by atoms with E-state index in [9.17, 15) is 13.6 Å². The van der Waals surface area contributed by atoms with E-state index < -0.39 is 12.4 Å². The van der Waals surface area contributed by atoms with E-state index in [1.807, 2.05) is 0 Å². The molecule has 0 saturated heterocycles. The highest BCUT2D eigenvalue weighted by Crippen LogP contribution is 2.26. The van der Waals surface area contributed by atoms with E-state index >= 15 is 0 Å². The van der Waals surface area contributed by atoms with Gasteiger partial charge in [0.2, 0.25) is 0 Å². The first-order valence-electron chi connectivity index (χ1n) is 3.62. The molecular weight excluding hydrogens is 307 g/mol. The number of carboxylic acids is 1. The van der Waals surface area contributed by atoms with E-state index in [1.165, 1.54) is 13.0 Å². The molecule has 0 bridgehead atoms. The first kappa shape index (κ1) is 11.3. The minimum atomic E-state index is -2.68. The molecule has 1 N–H and O–H groups in total. The van der Waals surface area contributed by atoms with Crippen LogP contribution in [0.5, 0.6) is 0 Å². The van der Waals surface area contributed by atoms with E-state index in [1.54, 1.807) is 22.6 Å². The third kappa shape index (κ3) is 2.17. The Balaban J connectivity index is 3.40. The number of alkyl halides is 2. The fourth-order valence-electron chi connectivity index (χ4n) is 0.983. The Hall–Kier alpha value is -0.790. The number of halogens is 3. The molecule has 0 unspecified atom stereocenters. The van der Waals surface area contributed by atoms with Crippen molar-refractivity contribution in [1.29, 1.82) is 0 Å². The predicted molar refractivity (Wildman–Crippen MR) is 53.6 cm³/mol. The Bertz CT molecular complexity index is 382. The summed E-state index contributed by atoms with van der Waals surface area (Å²) in [5.41, 5.74) is -0.325. The molecule has 6 heteroatoms. The molecule has 1 heterocycles. The van der Waals surface area contributed by atoms with Gasteiger partial charge in [-0.3, -0.25) is 0 Å². The van der Waals surface area contributed by atoms with Crippen molar-refractivity contribution in [3.63, 3.8) is 0 Å². The Morgan fingerprint density at radius 1 is 1.64 bits per heavy atom. The van der Waals surface area contributed by atoms with Crippen LogP contribution in [0.2, 0.25) is 0 Å². The van der Waals surface area contributed by atoms with Crippen molar-refractivity contribution < 1.29 is 18.7 Å². The first-order chi connectivity index (χ1) is 6.43. The molecule has 1 aromatic heterocycles. The molecule has 1 aromatic rings. The van der Waals surface area contributed by atoms with Gasteiger partial charge in [0.1, 0.15) is 0 Å². The Labute approximate surface area is 92.3 Å². The van der Waals surface area contributed by atoms with Crippen molar-refractivity contribution in [2.24, 2.45) is 0 Å². The van der Waals surface area contributed by atoms with Gasteiger partial charge in [0.15, 0.2) is 5.69 Å². The number of aryl methyl sites for hydroxylation is 1. The summed E-state index contributed by atoms with van der Waals surface area (Å²) in [6, 6.07) is 1.19. The van der Waals surface area contributed by atoms with Gasteiger partial charge < -0.3 is 5.11 Å². The van der Waals surface area contributed by atoms with E-state index in [0.29, 0.717) is 0 Å². The first-order valence-corrected chi connectivity index (χ1v) is 4.70. The second kappa shape index (κ2) is 4.16. The number of pyridine rings is 1. The lowest BCUT2D eigenvalue weighted by Gasteiger charge is -2.06. The summed E-state index contributed by atoms with van der Waals surface area (Å²) >= 11 is 1.56. The van der Waals surface area contributed by atoms with E-state index in [-0.39, 0.29) is 20.5 Å². The van der Waals surface area contributed by atoms with Crippen LogP contribution >= 0.6 is 22.6 Å². The quantitative estimate of drug-likeness (QED) is 0.854. The number of aromatic nitrogens is 1. The zero-order chi connectivity index (χ0) is 10.9. The SMILES string of the molecule is Cc1cc(C(F)F)c(I)c(C(=O)O)n1. The van der Waals surface area contributed by atoms with Gasteiger partial charge in [-0.1, -0.05) is 0 Å².